The van der Waals surface area contributed by atoms with Gasteiger partial charge in [0.25, 0.3) is 5.91 Å². The van der Waals surface area contributed by atoms with Crippen molar-refractivity contribution in [3.8, 4) is 0 Å². The minimum absolute atomic E-state index is 0.0538. The molecule has 2 aromatic rings. The number of piperidine rings is 1. The Morgan fingerprint density at radius 2 is 1.56 bits per heavy atom. The number of aromatic nitrogens is 1. The Balaban J connectivity index is 1.37. The van der Waals surface area contributed by atoms with Gasteiger partial charge in [0.1, 0.15) is 11.4 Å². The van der Waals surface area contributed by atoms with Crippen LogP contribution in [0, 0.1) is 0 Å². The van der Waals surface area contributed by atoms with Gasteiger partial charge in [-0.15, -0.1) is 0 Å². The molecule has 2 aliphatic rings. The number of likely N-dealkylation sites (tertiary alicyclic amines) is 1. The number of rotatable bonds is 3. The van der Waals surface area contributed by atoms with E-state index < -0.39 is 5.60 Å². The van der Waals surface area contributed by atoms with E-state index in [0.29, 0.717) is 50.5 Å². The first-order valence-corrected chi connectivity index (χ1v) is 13.0. The fourth-order valence-corrected chi connectivity index (χ4v) is 5.04. The van der Waals surface area contributed by atoms with E-state index in [1.807, 2.05) is 25.7 Å². The minimum atomic E-state index is -0.517. The molecule has 8 nitrogen and oxygen atoms in total. The average molecular weight is 497 g/mol. The molecule has 0 N–H and O–H groups in total. The van der Waals surface area contributed by atoms with Crippen molar-refractivity contribution in [1.82, 2.24) is 14.8 Å². The first-order chi connectivity index (χ1) is 16.9. The number of benzene rings is 1. The molecule has 0 bridgehead atoms. The molecule has 1 aromatic heterocycles. The van der Waals surface area contributed by atoms with E-state index in [-0.39, 0.29) is 23.3 Å². The molecular formula is C28H40N4O4. The molecule has 4 rings (SSSR count). The molecular weight excluding hydrogens is 456 g/mol. The number of hydrogen-bond donors (Lipinski definition) is 0. The van der Waals surface area contributed by atoms with Gasteiger partial charge in [0.2, 0.25) is 0 Å². The molecule has 0 unspecified atom stereocenters. The summed E-state index contributed by atoms with van der Waals surface area (Å²) in [6, 6.07) is 8.55. The quantitative estimate of drug-likeness (QED) is 0.592. The van der Waals surface area contributed by atoms with Crippen molar-refractivity contribution < 1.29 is 18.7 Å². The van der Waals surface area contributed by atoms with Crippen LogP contribution in [-0.2, 0) is 10.2 Å². The fraction of sp³-hybridized carbons (Fsp3) is 0.607. The van der Waals surface area contributed by atoms with Crippen LogP contribution in [-0.4, -0.2) is 71.7 Å². The normalized spacial score (nSPS) is 17.9. The van der Waals surface area contributed by atoms with Crippen LogP contribution in [0.25, 0.3) is 0 Å². The first-order valence-electron chi connectivity index (χ1n) is 13.0. The van der Waals surface area contributed by atoms with Crippen LogP contribution in [0.3, 0.4) is 0 Å². The van der Waals surface area contributed by atoms with E-state index in [4.69, 9.17) is 9.15 Å². The van der Waals surface area contributed by atoms with Gasteiger partial charge < -0.3 is 23.9 Å². The highest BCUT2D eigenvalue weighted by Crippen LogP contribution is 2.34. The topological polar surface area (TPSA) is 79.1 Å². The molecule has 2 fully saturated rings. The van der Waals surface area contributed by atoms with Gasteiger partial charge in [-0.2, -0.15) is 0 Å². The summed E-state index contributed by atoms with van der Waals surface area (Å²) in [4.78, 5) is 36.1. The zero-order valence-corrected chi connectivity index (χ0v) is 22.5. The maximum absolute atomic E-state index is 13.4. The van der Waals surface area contributed by atoms with Gasteiger partial charge in [-0.1, -0.05) is 39.0 Å². The summed E-state index contributed by atoms with van der Waals surface area (Å²) in [7, 11) is 0. The largest absolute Gasteiger partial charge is 0.447 e. The van der Waals surface area contributed by atoms with Crippen LogP contribution in [0.2, 0.25) is 0 Å². The molecule has 1 aromatic carbocycles. The van der Waals surface area contributed by atoms with E-state index in [2.05, 4.69) is 54.9 Å². The van der Waals surface area contributed by atoms with Gasteiger partial charge in [0.15, 0.2) is 12.1 Å². The molecule has 8 heteroatoms. The third-order valence-corrected chi connectivity index (χ3v) is 6.93. The fourth-order valence-electron chi connectivity index (χ4n) is 5.04. The van der Waals surface area contributed by atoms with Gasteiger partial charge in [0.05, 0.1) is 0 Å². The number of para-hydroxylation sites is 1. The Hall–Kier alpha value is -3.03. The number of carbonyl (C=O) groups is 2. The average Bonchev–Trinajstić information content (AvgIpc) is 3.32. The van der Waals surface area contributed by atoms with Crippen LogP contribution in [0.4, 0.5) is 10.5 Å². The summed E-state index contributed by atoms with van der Waals surface area (Å²) in [6.07, 6.45) is 2.51. The van der Waals surface area contributed by atoms with E-state index in [1.165, 1.54) is 17.6 Å². The summed E-state index contributed by atoms with van der Waals surface area (Å²) in [5.74, 6) is 0.631. The van der Waals surface area contributed by atoms with Crippen molar-refractivity contribution in [3.63, 3.8) is 0 Å². The van der Waals surface area contributed by atoms with Gasteiger partial charge in [-0.05, 0) is 50.7 Å². The summed E-state index contributed by atoms with van der Waals surface area (Å²) in [5, 5.41) is 0. The lowest BCUT2D eigenvalue weighted by molar-refractivity contribution is 0.0199. The number of carbonyl (C=O) groups excluding carboxylic acids is 2. The van der Waals surface area contributed by atoms with Crippen molar-refractivity contribution in [2.24, 2.45) is 0 Å². The second-order valence-corrected chi connectivity index (χ2v) is 11.9. The summed E-state index contributed by atoms with van der Waals surface area (Å²) < 4.78 is 11.2. The minimum Gasteiger partial charge on any atom is -0.447 e. The molecule has 0 saturated carbocycles. The third-order valence-electron chi connectivity index (χ3n) is 6.93. The van der Waals surface area contributed by atoms with Crippen molar-refractivity contribution in [2.45, 2.75) is 71.3 Å². The molecule has 0 radical (unpaired) electrons. The number of oxazole rings is 1. The van der Waals surface area contributed by atoms with E-state index >= 15 is 0 Å². The maximum atomic E-state index is 13.4. The molecule has 0 aliphatic carbocycles. The molecule has 0 spiro atoms. The van der Waals surface area contributed by atoms with E-state index in [0.717, 1.165) is 13.1 Å². The summed E-state index contributed by atoms with van der Waals surface area (Å²) >= 11 is 0. The maximum Gasteiger partial charge on any atom is 0.410 e. The lowest BCUT2D eigenvalue weighted by Crippen LogP contribution is -2.49. The van der Waals surface area contributed by atoms with Crippen LogP contribution in [0.1, 0.15) is 82.1 Å². The Morgan fingerprint density at radius 3 is 2.17 bits per heavy atom. The van der Waals surface area contributed by atoms with Gasteiger partial charge >= 0.3 is 6.09 Å². The van der Waals surface area contributed by atoms with Crippen molar-refractivity contribution in [2.75, 3.05) is 44.2 Å². The zero-order chi connectivity index (χ0) is 26.1. The number of anilines is 1. The van der Waals surface area contributed by atoms with Crippen LogP contribution < -0.4 is 4.90 Å². The van der Waals surface area contributed by atoms with Gasteiger partial charge in [-0.3, -0.25) is 4.79 Å². The predicted molar refractivity (Wildman–Crippen MR) is 140 cm³/mol. The smallest absolute Gasteiger partial charge is 0.410 e. The van der Waals surface area contributed by atoms with Crippen molar-refractivity contribution in [1.29, 1.82) is 0 Å². The number of nitrogens with zero attached hydrogens (tertiary/aromatic N) is 4. The van der Waals surface area contributed by atoms with E-state index in [9.17, 15) is 9.59 Å². The molecule has 2 aliphatic heterocycles. The third kappa shape index (κ3) is 5.85. The Kier molecular flexibility index (Phi) is 7.34. The standard InChI is InChI=1S/C28H40N4O4/c1-27(2,3)21-9-7-8-10-22(21)30-15-17-31(18-16-30)25(33)23-24(35-19-29-23)20-11-13-32(14-12-20)26(34)36-28(4,5)6/h7-10,19-20H,11-18H2,1-6H3. The van der Waals surface area contributed by atoms with E-state index in [1.54, 1.807) is 4.90 Å². The zero-order valence-electron chi connectivity index (χ0n) is 22.5. The molecule has 2 amide bonds. The highest BCUT2D eigenvalue weighted by atomic mass is 16.6. The van der Waals surface area contributed by atoms with Crippen molar-refractivity contribution >= 4 is 17.7 Å². The predicted octanol–water partition coefficient (Wildman–Crippen LogP) is 5.05. The Morgan fingerprint density at radius 1 is 0.917 bits per heavy atom. The monoisotopic (exact) mass is 496 g/mol. The van der Waals surface area contributed by atoms with Crippen LogP contribution in [0.15, 0.2) is 35.1 Å². The summed E-state index contributed by atoms with van der Waals surface area (Å²) in [5.41, 5.74) is 2.52. The molecule has 0 atom stereocenters. The Bertz CT molecular complexity index is 1070. The molecule has 36 heavy (non-hydrogen) atoms. The molecule has 2 saturated heterocycles. The second kappa shape index (κ2) is 10.1. The van der Waals surface area contributed by atoms with Crippen molar-refractivity contribution in [3.05, 3.63) is 47.7 Å². The molecule has 3 heterocycles. The SMILES string of the molecule is CC(C)(C)OC(=O)N1CCC(c2ocnc2C(=O)N2CCN(c3ccccc3C(C)(C)C)CC2)CC1. The lowest BCUT2D eigenvalue weighted by atomic mass is 9.85. The first kappa shape index (κ1) is 26.0. The van der Waals surface area contributed by atoms with Gasteiger partial charge in [-0.25, -0.2) is 9.78 Å². The summed E-state index contributed by atoms with van der Waals surface area (Å²) in [6.45, 7) is 16.3. The highest BCUT2D eigenvalue weighted by molar-refractivity contribution is 5.93. The number of amides is 2. The van der Waals surface area contributed by atoms with Crippen LogP contribution in [0.5, 0.6) is 0 Å². The number of hydrogen-bond acceptors (Lipinski definition) is 6. The Labute approximate surface area is 214 Å². The van der Waals surface area contributed by atoms with Gasteiger partial charge in [0, 0.05) is 50.9 Å². The lowest BCUT2D eigenvalue weighted by Gasteiger charge is -2.38. The van der Waals surface area contributed by atoms with Crippen LogP contribution >= 0.6 is 0 Å². The second-order valence-electron chi connectivity index (χ2n) is 11.9. The highest BCUT2D eigenvalue weighted by Gasteiger charge is 2.34. The number of piperazine rings is 1. The number of ether oxygens (including phenoxy) is 1. The molecule has 196 valence electrons.